The molecule has 0 saturated carbocycles. The van der Waals surface area contributed by atoms with Gasteiger partial charge in [-0.2, -0.15) is 0 Å². The highest BCUT2D eigenvalue weighted by molar-refractivity contribution is 6.03. The number of aromatic nitrogens is 1. The van der Waals surface area contributed by atoms with Gasteiger partial charge in [-0.05, 0) is 43.1 Å². The van der Waals surface area contributed by atoms with Crippen LogP contribution in [0, 0.1) is 0 Å². The van der Waals surface area contributed by atoms with Crippen LogP contribution in [0.15, 0.2) is 42.6 Å². The Balaban J connectivity index is 1.77. The van der Waals surface area contributed by atoms with Gasteiger partial charge in [0.1, 0.15) is 5.69 Å². The Morgan fingerprint density at radius 3 is 2.75 bits per heavy atom. The van der Waals surface area contributed by atoms with Gasteiger partial charge >= 0.3 is 0 Å². The van der Waals surface area contributed by atoms with Crippen LogP contribution in [0.4, 0.5) is 5.69 Å². The highest BCUT2D eigenvalue weighted by atomic mass is 16.2. The van der Waals surface area contributed by atoms with Crippen molar-refractivity contribution >= 4 is 17.5 Å². The van der Waals surface area contributed by atoms with Crippen molar-refractivity contribution in [1.82, 2.24) is 9.47 Å². The number of carbonyl (C=O) groups excluding carboxylic acids is 2. The zero-order chi connectivity index (χ0) is 17.1. The number of nitrogens with two attached hydrogens (primary N) is 1. The standard InChI is InChI=1S/C18H22N4O2/c1-21-10-4-9-16(21)18(24)20-14-7-3-2-6-13(14)12-22-11-5-8-15(22)17(19)23/h2-4,6-7,9-10,15H,5,8,11-12H2,1H3,(H2,19,23)(H,20,24)/t15-/m0/s1. The van der Waals surface area contributed by atoms with Crippen molar-refractivity contribution in [3.8, 4) is 0 Å². The van der Waals surface area contributed by atoms with E-state index in [0.717, 1.165) is 30.6 Å². The van der Waals surface area contributed by atoms with Gasteiger partial charge in [0.2, 0.25) is 5.91 Å². The Hall–Kier alpha value is -2.60. The van der Waals surface area contributed by atoms with Crippen LogP contribution >= 0.6 is 0 Å². The molecular formula is C18H22N4O2. The normalized spacial score (nSPS) is 17.8. The first kappa shape index (κ1) is 16.3. The molecule has 1 aliphatic rings. The Morgan fingerprint density at radius 1 is 1.25 bits per heavy atom. The summed E-state index contributed by atoms with van der Waals surface area (Å²) in [6.07, 6.45) is 3.60. The second kappa shape index (κ2) is 6.88. The van der Waals surface area contributed by atoms with E-state index in [2.05, 4.69) is 10.2 Å². The molecule has 1 atom stereocenters. The molecule has 2 aromatic rings. The number of anilines is 1. The van der Waals surface area contributed by atoms with Crippen LogP contribution in [0.2, 0.25) is 0 Å². The minimum absolute atomic E-state index is 0.150. The molecule has 0 spiro atoms. The van der Waals surface area contributed by atoms with Gasteiger partial charge in [0.05, 0.1) is 6.04 Å². The van der Waals surface area contributed by atoms with E-state index in [1.165, 1.54) is 0 Å². The molecular weight excluding hydrogens is 304 g/mol. The number of nitrogens with one attached hydrogen (secondary N) is 1. The molecule has 24 heavy (non-hydrogen) atoms. The van der Waals surface area contributed by atoms with Gasteiger partial charge in [-0.3, -0.25) is 14.5 Å². The lowest BCUT2D eigenvalue weighted by molar-refractivity contribution is -0.122. The van der Waals surface area contributed by atoms with E-state index in [-0.39, 0.29) is 17.9 Å². The summed E-state index contributed by atoms with van der Waals surface area (Å²) in [5.74, 6) is -0.430. The van der Waals surface area contributed by atoms with Gasteiger partial charge in [0.25, 0.3) is 5.91 Å². The van der Waals surface area contributed by atoms with Crippen molar-refractivity contribution in [3.05, 3.63) is 53.9 Å². The van der Waals surface area contributed by atoms with Crippen LogP contribution in [0.25, 0.3) is 0 Å². The number of rotatable bonds is 5. The Labute approximate surface area is 141 Å². The molecule has 2 heterocycles. The molecule has 1 saturated heterocycles. The molecule has 0 radical (unpaired) electrons. The van der Waals surface area contributed by atoms with E-state index in [0.29, 0.717) is 12.2 Å². The first-order chi connectivity index (χ1) is 11.6. The van der Waals surface area contributed by atoms with E-state index >= 15 is 0 Å². The number of hydrogen-bond donors (Lipinski definition) is 2. The quantitative estimate of drug-likeness (QED) is 0.878. The summed E-state index contributed by atoms with van der Waals surface area (Å²) in [7, 11) is 1.84. The van der Waals surface area contributed by atoms with Gasteiger partial charge in [0.15, 0.2) is 0 Å². The van der Waals surface area contributed by atoms with Gasteiger partial charge in [-0.25, -0.2) is 0 Å². The first-order valence-corrected chi connectivity index (χ1v) is 8.10. The molecule has 0 aliphatic carbocycles. The zero-order valence-electron chi connectivity index (χ0n) is 13.7. The van der Waals surface area contributed by atoms with E-state index in [4.69, 9.17) is 5.73 Å². The molecule has 1 aliphatic heterocycles. The Kier molecular flexibility index (Phi) is 4.66. The summed E-state index contributed by atoms with van der Waals surface area (Å²) in [6.45, 7) is 1.44. The molecule has 1 aromatic heterocycles. The summed E-state index contributed by atoms with van der Waals surface area (Å²) in [6, 6.07) is 11.1. The number of aryl methyl sites for hydroxylation is 1. The lowest BCUT2D eigenvalue weighted by Gasteiger charge is -2.23. The number of para-hydroxylation sites is 1. The third-order valence-electron chi connectivity index (χ3n) is 4.51. The molecule has 3 rings (SSSR count). The lowest BCUT2D eigenvalue weighted by atomic mass is 10.1. The SMILES string of the molecule is Cn1cccc1C(=O)Nc1ccccc1CN1CCC[C@H]1C(N)=O. The summed E-state index contributed by atoms with van der Waals surface area (Å²) in [5.41, 5.74) is 7.83. The smallest absolute Gasteiger partial charge is 0.272 e. The summed E-state index contributed by atoms with van der Waals surface area (Å²) in [4.78, 5) is 26.1. The lowest BCUT2D eigenvalue weighted by Crippen LogP contribution is -2.39. The third-order valence-corrected chi connectivity index (χ3v) is 4.51. The van der Waals surface area contributed by atoms with E-state index in [1.807, 2.05) is 43.6 Å². The van der Waals surface area contributed by atoms with Crippen LogP contribution in [0.5, 0.6) is 0 Å². The second-order valence-corrected chi connectivity index (χ2v) is 6.15. The van der Waals surface area contributed by atoms with Crippen molar-refractivity contribution in [1.29, 1.82) is 0 Å². The zero-order valence-corrected chi connectivity index (χ0v) is 13.7. The fraction of sp³-hybridized carbons (Fsp3) is 0.333. The average molecular weight is 326 g/mol. The fourth-order valence-corrected chi connectivity index (χ4v) is 3.22. The molecule has 1 fully saturated rings. The maximum atomic E-state index is 12.4. The highest BCUT2D eigenvalue weighted by Crippen LogP contribution is 2.24. The predicted molar refractivity (Wildman–Crippen MR) is 92.4 cm³/mol. The Morgan fingerprint density at radius 2 is 2.04 bits per heavy atom. The number of benzene rings is 1. The first-order valence-electron chi connectivity index (χ1n) is 8.10. The van der Waals surface area contributed by atoms with Gasteiger partial charge in [-0.15, -0.1) is 0 Å². The summed E-state index contributed by atoms with van der Waals surface area (Å²) < 4.78 is 1.78. The highest BCUT2D eigenvalue weighted by Gasteiger charge is 2.29. The number of primary amides is 1. The van der Waals surface area contributed by atoms with Crippen LogP contribution in [0.3, 0.4) is 0 Å². The van der Waals surface area contributed by atoms with Crippen molar-refractivity contribution < 1.29 is 9.59 Å². The van der Waals surface area contributed by atoms with Crippen molar-refractivity contribution in [3.63, 3.8) is 0 Å². The van der Waals surface area contributed by atoms with Gasteiger partial charge < -0.3 is 15.6 Å². The van der Waals surface area contributed by atoms with Crippen molar-refractivity contribution in [2.75, 3.05) is 11.9 Å². The molecule has 6 heteroatoms. The topological polar surface area (TPSA) is 80.4 Å². The van der Waals surface area contributed by atoms with Crippen molar-refractivity contribution in [2.24, 2.45) is 12.8 Å². The fourth-order valence-electron chi connectivity index (χ4n) is 3.22. The van der Waals surface area contributed by atoms with E-state index in [9.17, 15) is 9.59 Å². The molecule has 2 amide bonds. The number of likely N-dealkylation sites (tertiary alicyclic amines) is 1. The molecule has 6 nitrogen and oxygen atoms in total. The van der Waals surface area contributed by atoms with Crippen LogP contribution in [-0.4, -0.2) is 33.9 Å². The predicted octanol–water partition coefficient (Wildman–Crippen LogP) is 1.73. The van der Waals surface area contributed by atoms with Crippen molar-refractivity contribution in [2.45, 2.75) is 25.4 Å². The Bertz CT molecular complexity index is 753. The average Bonchev–Trinajstić information content (AvgIpc) is 3.18. The number of hydrogen-bond acceptors (Lipinski definition) is 3. The van der Waals surface area contributed by atoms with Crippen LogP contribution < -0.4 is 11.1 Å². The molecule has 0 unspecified atom stereocenters. The van der Waals surface area contributed by atoms with Gasteiger partial charge in [0, 0.05) is 25.5 Å². The monoisotopic (exact) mass is 326 g/mol. The summed E-state index contributed by atoms with van der Waals surface area (Å²) >= 11 is 0. The summed E-state index contributed by atoms with van der Waals surface area (Å²) in [5, 5.41) is 2.97. The third kappa shape index (κ3) is 3.33. The largest absolute Gasteiger partial charge is 0.368 e. The number of amides is 2. The number of nitrogens with zero attached hydrogens (tertiary/aromatic N) is 2. The molecule has 0 bridgehead atoms. The van der Waals surface area contributed by atoms with Crippen LogP contribution in [-0.2, 0) is 18.4 Å². The number of carbonyl (C=O) groups is 2. The molecule has 1 aromatic carbocycles. The second-order valence-electron chi connectivity index (χ2n) is 6.15. The van der Waals surface area contributed by atoms with Gasteiger partial charge in [-0.1, -0.05) is 18.2 Å². The molecule has 3 N–H and O–H groups in total. The maximum Gasteiger partial charge on any atom is 0.272 e. The molecule has 126 valence electrons. The maximum absolute atomic E-state index is 12.4. The minimum atomic E-state index is -0.280. The van der Waals surface area contributed by atoms with E-state index in [1.54, 1.807) is 10.6 Å². The minimum Gasteiger partial charge on any atom is -0.368 e. The van der Waals surface area contributed by atoms with E-state index < -0.39 is 0 Å². The van der Waals surface area contributed by atoms with Crippen LogP contribution in [0.1, 0.15) is 28.9 Å².